The summed E-state index contributed by atoms with van der Waals surface area (Å²) in [6.45, 7) is 0.172. The molecule has 0 radical (unpaired) electrons. The number of hydrogen-bond acceptors (Lipinski definition) is 5. The molecule has 5 rings (SSSR count). The topological polar surface area (TPSA) is 80.7 Å². The Morgan fingerprint density at radius 1 is 1.11 bits per heavy atom. The summed E-state index contributed by atoms with van der Waals surface area (Å²) in [5.41, 5.74) is 2.38. The van der Waals surface area contributed by atoms with Gasteiger partial charge < -0.3 is 19.9 Å². The molecular formula is C22H20N2O4. The third-order valence-corrected chi connectivity index (χ3v) is 5.51. The van der Waals surface area contributed by atoms with Gasteiger partial charge in [-0.1, -0.05) is 18.2 Å². The molecule has 1 unspecified atom stereocenters. The molecule has 1 aliphatic heterocycles. The molecule has 1 aliphatic carbocycles. The maximum Gasteiger partial charge on any atom is 0.251 e. The van der Waals surface area contributed by atoms with E-state index in [1.165, 1.54) is 0 Å². The minimum absolute atomic E-state index is 0.172. The standard InChI is InChI=1S/C22H20N2O4/c25-17-8-15(9-17)21(16-7-13-3-1-2-4-18(13)23-11-16)24-22(26)14-5-6-19-20(10-14)28-12-27-19/h1-7,10-11,15,17,21,25H,8-9,12H2,(H,24,26). The van der Waals surface area contributed by atoms with Gasteiger partial charge >= 0.3 is 0 Å². The molecule has 2 aliphatic rings. The van der Waals surface area contributed by atoms with Gasteiger partial charge in [0.2, 0.25) is 6.79 Å². The Morgan fingerprint density at radius 3 is 2.79 bits per heavy atom. The van der Waals surface area contributed by atoms with E-state index in [0.717, 1.165) is 16.5 Å². The average Bonchev–Trinajstić information content (AvgIpc) is 3.17. The lowest BCUT2D eigenvalue weighted by Crippen LogP contribution is -2.41. The maximum absolute atomic E-state index is 12.9. The van der Waals surface area contributed by atoms with Crippen LogP contribution in [0.5, 0.6) is 11.5 Å². The monoisotopic (exact) mass is 376 g/mol. The van der Waals surface area contributed by atoms with Gasteiger partial charge in [0.15, 0.2) is 11.5 Å². The van der Waals surface area contributed by atoms with Crippen molar-refractivity contribution >= 4 is 16.8 Å². The smallest absolute Gasteiger partial charge is 0.251 e. The first kappa shape index (κ1) is 17.0. The predicted octanol–water partition coefficient (Wildman–Crippen LogP) is 3.21. The number of aliphatic hydroxyl groups excluding tert-OH is 1. The summed E-state index contributed by atoms with van der Waals surface area (Å²) in [5, 5.41) is 14.0. The van der Waals surface area contributed by atoms with E-state index < -0.39 is 0 Å². The normalized spacial score (nSPS) is 21.2. The van der Waals surface area contributed by atoms with E-state index in [4.69, 9.17) is 9.47 Å². The molecule has 6 heteroatoms. The van der Waals surface area contributed by atoms with Crippen LogP contribution >= 0.6 is 0 Å². The zero-order chi connectivity index (χ0) is 19.1. The highest BCUT2D eigenvalue weighted by molar-refractivity contribution is 5.95. The molecule has 1 fully saturated rings. The summed E-state index contributed by atoms with van der Waals surface area (Å²) in [7, 11) is 0. The Balaban J connectivity index is 1.44. The highest BCUT2D eigenvalue weighted by atomic mass is 16.7. The maximum atomic E-state index is 12.9. The first-order valence-corrected chi connectivity index (χ1v) is 9.40. The fourth-order valence-electron chi connectivity index (χ4n) is 3.90. The van der Waals surface area contributed by atoms with E-state index in [0.29, 0.717) is 29.9 Å². The molecule has 1 amide bonds. The molecule has 1 aromatic heterocycles. The Kier molecular flexibility index (Phi) is 4.13. The van der Waals surface area contributed by atoms with Crippen LogP contribution in [-0.4, -0.2) is 28.9 Å². The van der Waals surface area contributed by atoms with Crippen LogP contribution < -0.4 is 14.8 Å². The number of ether oxygens (including phenoxy) is 2. The lowest BCUT2D eigenvalue weighted by atomic mass is 9.75. The molecule has 142 valence electrons. The second kappa shape index (κ2) is 6.80. The van der Waals surface area contributed by atoms with Crippen molar-refractivity contribution in [3.8, 4) is 11.5 Å². The van der Waals surface area contributed by atoms with Crippen LogP contribution in [0.15, 0.2) is 54.7 Å². The quantitative estimate of drug-likeness (QED) is 0.731. The molecule has 2 heterocycles. The summed E-state index contributed by atoms with van der Waals surface area (Å²) in [4.78, 5) is 17.5. The molecular weight excluding hydrogens is 356 g/mol. The Morgan fingerprint density at radius 2 is 1.93 bits per heavy atom. The second-order valence-corrected chi connectivity index (χ2v) is 7.37. The zero-order valence-corrected chi connectivity index (χ0v) is 15.2. The van der Waals surface area contributed by atoms with Gasteiger partial charge in [-0.3, -0.25) is 9.78 Å². The summed E-state index contributed by atoms with van der Waals surface area (Å²) >= 11 is 0. The van der Waals surface area contributed by atoms with Gasteiger partial charge in [-0.15, -0.1) is 0 Å². The van der Waals surface area contributed by atoms with E-state index >= 15 is 0 Å². The van der Waals surface area contributed by atoms with Crippen LogP contribution in [0.3, 0.4) is 0 Å². The van der Waals surface area contributed by atoms with Crippen LogP contribution in [0.1, 0.15) is 34.8 Å². The SMILES string of the molecule is O=C(NC(c1cnc2ccccc2c1)C1CC(O)C1)c1ccc2c(c1)OCO2. The third-order valence-electron chi connectivity index (χ3n) is 5.51. The first-order valence-electron chi connectivity index (χ1n) is 9.40. The highest BCUT2D eigenvalue weighted by Gasteiger charge is 2.36. The Labute approximate surface area is 162 Å². The fraction of sp³-hybridized carbons (Fsp3) is 0.273. The molecule has 0 spiro atoms. The van der Waals surface area contributed by atoms with Crippen molar-refractivity contribution in [2.45, 2.75) is 25.0 Å². The molecule has 0 bridgehead atoms. The lowest BCUT2D eigenvalue weighted by molar-refractivity contribution is 0.0235. The number of benzene rings is 2. The van der Waals surface area contributed by atoms with Crippen molar-refractivity contribution in [1.82, 2.24) is 10.3 Å². The number of amides is 1. The van der Waals surface area contributed by atoms with Crippen LogP contribution in [0, 0.1) is 5.92 Å². The summed E-state index contributed by atoms with van der Waals surface area (Å²) < 4.78 is 10.7. The van der Waals surface area contributed by atoms with Gasteiger partial charge in [0.05, 0.1) is 17.7 Å². The number of aromatic nitrogens is 1. The molecule has 3 aromatic rings. The van der Waals surface area contributed by atoms with Crippen molar-refractivity contribution in [3.63, 3.8) is 0 Å². The molecule has 1 atom stereocenters. The number of pyridine rings is 1. The fourth-order valence-corrected chi connectivity index (χ4v) is 3.90. The van der Waals surface area contributed by atoms with E-state index in [2.05, 4.69) is 16.4 Å². The second-order valence-electron chi connectivity index (χ2n) is 7.37. The van der Waals surface area contributed by atoms with Gasteiger partial charge in [0.25, 0.3) is 5.91 Å². The van der Waals surface area contributed by atoms with Crippen LogP contribution in [0.2, 0.25) is 0 Å². The van der Waals surface area contributed by atoms with Crippen molar-refractivity contribution in [2.24, 2.45) is 5.92 Å². The van der Waals surface area contributed by atoms with Gasteiger partial charge in [-0.2, -0.15) is 0 Å². The Hall–Kier alpha value is -3.12. The summed E-state index contributed by atoms with van der Waals surface area (Å²) in [5.74, 6) is 1.22. The third kappa shape index (κ3) is 3.05. The number of carbonyl (C=O) groups excluding carboxylic acids is 1. The number of aliphatic hydroxyl groups is 1. The van der Waals surface area contributed by atoms with Crippen LogP contribution in [-0.2, 0) is 0 Å². The molecule has 2 N–H and O–H groups in total. The van der Waals surface area contributed by atoms with Crippen molar-refractivity contribution in [3.05, 3.63) is 65.9 Å². The van der Waals surface area contributed by atoms with Crippen LogP contribution in [0.25, 0.3) is 10.9 Å². The number of para-hydroxylation sites is 1. The van der Waals surface area contributed by atoms with Gasteiger partial charge in [-0.25, -0.2) is 0 Å². The van der Waals surface area contributed by atoms with Gasteiger partial charge in [0.1, 0.15) is 0 Å². The van der Waals surface area contributed by atoms with Crippen molar-refractivity contribution in [1.29, 1.82) is 0 Å². The molecule has 6 nitrogen and oxygen atoms in total. The number of carbonyl (C=O) groups is 1. The molecule has 28 heavy (non-hydrogen) atoms. The summed E-state index contributed by atoms with van der Waals surface area (Å²) in [6.07, 6.45) is 2.85. The predicted molar refractivity (Wildman–Crippen MR) is 103 cm³/mol. The number of nitrogens with one attached hydrogen (secondary N) is 1. The van der Waals surface area contributed by atoms with Gasteiger partial charge in [0, 0.05) is 17.1 Å². The minimum atomic E-state index is -0.302. The Bertz CT molecular complexity index is 1050. The van der Waals surface area contributed by atoms with Crippen molar-refractivity contribution < 1.29 is 19.4 Å². The van der Waals surface area contributed by atoms with E-state index in [1.54, 1.807) is 18.2 Å². The number of fused-ring (bicyclic) bond motifs is 2. The van der Waals surface area contributed by atoms with E-state index in [1.807, 2.05) is 30.5 Å². The number of hydrogen-bond donors (Lipinski definition) is 2. The molecule has 2 aromatic carbocycles. The summed E-state index contributed by atoms with van der Waals surface area (Å²) in [6, 6.07) is 14.9. The largest absolute Gasteiger partial charge is 0.454 e. The highest BCUT2D eigenvalue weighted by Crippen LogP contribution is 2.39. The van der Waals surface area contributed by atoms with E-state index in [9.17, 15) is 9.90 Å². The zero-order valence-electron chi connectivity index (χ0n) is 15.2. The minimum Gasteiger partial charge on any atom is -0.454 e. The number of rotatable bonds is 4. The van der Waals surface area contributed by atoms with E-state index in [-0.39, 0.29) is 30.8 Å². The average molecular weight is 376 g/mol. The molecule has 1 saturated carbocycles. The first-order chi connectivity index (χ1) is 13.7. The van der Waals surface area contributed by atoms with Crippen LogP contribution in [0.4, 0.5) is 0 Å². The molecule has 0 saturated heterocycles. The van der Waals surface area contributed by atoms with Crippen molar-refractivity contribution in [2.75, 3.05) is 6.79 Å². The lowest BCUT2D eigenvalue weighted by Gasteiger charge is -2.38. The number of nitrogens with zero attached hydrogens (tertiary/aromatic N) is 1. The van der Waals surface area contributed by atoms with Gasteiger partial charge in [-0.05, 0) is 54.7 Å².